The molecular formula is C36H56O5S. The highest BCUT2D eigenvalue weighted by molar-refractivity contribution is 7.91. The van der Waals surface area contributed by atoms with Crippen LogP contribution >= 0.6 is 0 Å². The summed E-state index contributed by atoms with van der Waals surface area (Å²) in [6, 6.07) is 8.85. The molecule has 0 bridgehead atoms. The summed E-state index contributed by atoms with van der Waals surface area (Å²) in [6.45, 7) is 19.9. The lowest BCUT2D eigenvalue weighted by Crippen LogP contribution is -2.38. The Labute approximate surface area is 256 Å². The van der Waals surface area contributed by atoms with Gasteiger partial charge in [0.2, 0.25) is 0 Å². The van der Waals surface area contributed by atoms with Crippen LogP contribution in [0.2, 0.25) is 0 Å². The van der Waals surface area contributed by atoms with Crippen molar-refractivity contribution in [3.63, 3.8) is 0 Å². The fraction of sp³-hybridized carbons (Fsp3) is 0.722. The van der Waals surface area contributed by atoms with E-state index in [1.807, 2.05) is 6.07 Å². The summed E-state index contributed by atoms with van der Waals surface area (Å²) in [4.78, 5) is 0.390. The van der Waals surface area contributed by atoms with Gasteiger partial charge in [0.1, 0.15) is 0 Å². The van der Waals surface area contributed by atoms with Crippen molar-refractivity contribution >= 4 is 9.84 Å². The van der Waals surface area contributed by atoms with Crippen molar-refractivity contribution in [1.82, 2.24) is 0 Å². The van der Waals surface area contributed by atoms with E-state index in [-0.39, 0.29) is 48.1 Å². The molecule has 3 aliphatic heterocycles. The smallest absolute Gasteiger partial charge is 0.178 e. The fourth-order valence-corrected chi connectivity index (χ4v) is 9.01. The quantitative estimate of drug-likeness (QED) is 0.201. The van der Waals surface area contributed by atoms with Crippen LogP contribution in [0.25, 0.3) is 0 Å². The molecule has 5 nitrogen and oxygen atoms in total. The van der Waals surface area contributed by atoms with Gasteiger partial charge in [-0.3, -0.25) is 0 Å². The predicted octanol–water partition coefficient (Wildman–Crippen LogP) is 8.34. The molecule has 0 radical (unpaired) electrons. The van der Waals surface area contributed by atoms with Crippen LogP contribution in [0.3, 0.4) is 0 Å². The third-order valence-electron chi connectivity index (χ3n) is 10.3. The van der Waals surface area contributed by atoms with Crippen molar-refractivity contribution in [1.29, 1.82) is 0 Å². The summed E-state index contributed by atoms with van der Waals surface area (Å²) in [7, 11) is -3.44. The molecule has 3 aliphatic rings. The number of unbranched alkanes of at least 4 members (excludes halogenated alkanes) is 1. The Morgan fingerprint density at radius 3 is 2.33 bits per heavy atom. The van der Waals surface area contributed by atoms with Crippen LogP contribution in [0.15, 0.2) is 59.5 Å². The van der Waals surface area contributed by atoms with E-state index < -0.39 is 9.84 Å². The van der Waals surface area contributed by atoms with Crippen molar-refractivity contribution < 1.29 is 22.6 Å². The van der Waals surface area contributed by atoms with Gasteiger partial charge >= 0.3 is 0 Å². The van der Waals surface area contributed by atoms with Gasteiger partial charge in [-0.2, -0.15) is 0 Å². The lowest BCUT2D eigenvalue weighted by molar-refractivity contribution is -0.0737. The topological polar surface area (TPSA) is 61.8 Å². The first-order valence-corrected chi connectivity index (χ1v) is 18.3. The normalized spacial score (nSPS) is 34.6. The van der Waals surface area contributed by atoms with Gasteiger partial charge in [0.25, 0.3) is 0 Å². The Kier molecular flexibility index (Phi) is 11.9. The van der Waals surface area contributed by atoms with E-state index in [1.165, 1.54) is 18.4 Å². The molecule has 3 heterocycles. The molecule has 0 aliphatic carbocycles. The van der Waals surface area contributed by atoms with Crippen LogP contribution in [0, 0.1) is 23.7 Å². The molecule has 3 saturated heterocycles. The molecule has 0 amide bonds. The lowest BCUT2D eigenvalue weighted by atomic mass is 9.81. The summed E-state index contributed by atoms with van der Waals surface area (Å²) >= 11 is 0. The van der Waals surface area contributed by atoms with Crippen LogP contribution < -0.4 is 0 Å². The molecule has 1 aromatic rings. The molecule has 236 valence electrons. The van der Waals surface area contributed by atoms with E-state index in [0.29, 0.717) is 29.3 Å². The van der Waals surface area contributed by atoms with E-state index in [1.54, 1.807) is 24.3 Å². The average Bonchev–Trinajstić information content (AvgIpc) is 3.46. The SMILES string of the molecule is C=C1C[C@H](CCCC)OC1CC[C@H]1C[C@@H](C)C(=C)[C@@H](CC2OC(C[C@H](C)CC)[C@H](C)[C@H]2CS(=O)(=O)c2ccccc2)O1. The first-order chi connectivity index (χ1) is 20.0. The molecule has 0 N–H and O–H groups in total. The zero-order valence-electron chi connectivity index (χ0n) is 26.8. The van der Waals surface area contributed by atoms with Crippen molar-refractivity contribution in [3.05, 3.63) is 54.6 Å². The number of sulfone groups is 1. The number of hydrogen-bond donors (Lipinski definition) is 0. The van der Waals surface area contributed by atoms with Crippen LogP contribution in [-0.2, 0) is 24.0 Å². The molecular weight excluding hydrogens is 544 g/mol. The van der Waals surface area contributed by atoms with Gasteiger partial charge < -0.3 is 14.2 Å². The Balaban J connectivity index is 1.43. The second-order valence-corrected chi connectivity index (χ2v) is 15.6. The molecule has 3 unspecified atom stereocenters. The van der Waals surface area contributed by atoms with Gasteiger partial charge in [-0.05, 0) is 79.6 Å². The average molecular weight is 601 g/mol. The second kappa shape index (κ2) is 15.0. The minimum absolute atomic E-state index is 0.0529. The van der Waals surface area contributed by atoms with Gasteiger partial charge in [-0.15, -0.1) is 0 Å². The van der Waals surface area contributed by atoms with Gasteiger partial charge in [-0.25, -0.2) is 8.42 Å². The summed E-state index contributed by atoms with van der Waals surface area (Å²) in [6.07, 6.45) is 10.3. The molecule has 42 heavy (non-hydrogen) atoms. The van der Waals surface area contributed by atoms with Gasteiger partial charge in [0.05, 0.1) is 47.3 Å². The van der Waals surface area contributed by atoms with Crippen molar-refractivity contribution in [2.45, 2.75) is 140 Å². The van der Waals surface area contributed by atoms with E-state index in [4.69, 9.17) is 14.2 Å². The molecule has 4 rings (SSSR count). The first kappa shape index (κ1) is 33.4. The molecule has 3 fully saturated rings. The van der Waals surface area contributed by atoms with Crippen LogP contribution in [0.1, 0.15) is 98.8 Å². The highest BCUT2D eigenvalue weighted by atomic mass is 32.2. The maximum Gasteiger partial charge on any atom is 0.178 e. The third kappa shape index (κ3) is 8.37. The van der Waals surface area contributed by atoms with Gasteiger partial charge in [0, 0.05) is 12.3 Å². The van der Waals surface area contributed by atoms with E-state index >= 15 is 0 Å². The van der Waals surface area contributed by atoms with E-state index in [9.17, 15) is 8.42 Å². The first-order valence-electron chi connectivity index (χ1n) is 16.6. The van der Waals surface area contributed by atoms with Crippen LogP contribution in [0.5, 0.6) is 0 Å². The number of rotatable bonds is 14. The lowest BCUT2D eigenvalue weighted by Gasteiger charge is -2.38. The molecule has 1 aromatic carbocycles. The van der Waals surface area contributed by atoms with Crippen LogP contribution in [-0.4, -0.2) is 50.8 Å². The number of benzene rings is 1. The monoisotopic (exact) mass is 600 g/mol. The Hall–Kier alpha value is -1.47. The summed E-state index contributed by atoms with van der Waals surface area (Å²) in [5.74, 6) is 1.03. The van der Waals surface area contributed by atoms with E-state index in [2.05, 4.69) is 47.8 Å². The third-order valence-corrected chi connectivity index (χ3v) is 12.1. The molecule has 0 aromatic heterocycles. The summed E-state index contributed by atoms with van der Waals surface area (Å²) in [5.41, 5.74) is 2.34. The zero-order valence-corrected chi connectivity index (χ0v) is 27.6. The zero-order chi connectivity index (χ0) is 30.4. The molecule has 0 spiro atoms. The Bertz CT molecular complexity index is 1130. The summed E-state index contributed by atoms with van der Waals surface area (Å²) in [5, 5.41) is 0. The highest BCUT2D eigenvalue weighted by Gasteiger charge is 2.46. The summed E-state index contributed by atoms with van der Waals surface area (Å²) < 4.78 is 46.9. The second-order valence-electron chi connectivity index (χ2n) is 13.6. The van der Waals surface area contributed by atoms with E-state index in [0.717, 1.165) is 50.5 Å². The Morgan fingerprint density at radius 2 is 1.64 bits per heavy atom. The Morgan fingerprint density at radius 1 is 0.929 bits per heavy atom. The van der Waals surface area contributed by atoms with Gasteiger partial charge in [0.15, 0.2) is 9.84 Å². The molecule has 10 atom stereocenters. The maximum absolute atomic E-state index is 13.5. The highest BCUT2D eigenvalue weighted by Crippen LogP contribution is 2.43. The van der Waals surface area contributed by atoms with Crippen molar-refractivity contribution in [3.8, 4) is 0 Å². The van der Waals surface area contributed by atoms with Crippen LogP contribution in [0.4, 0.5) is 0 Å². The van der Waals surface area contributed by atoms with Crippen molar-refractivity contribution in [2.75, 3.05) is 5.75 Å². The standard InChI is InChI=1S/C36H56O5S/c1-8-10-14-29-21-26(5)33(39-29)18-17-30-20-25(4)27(6)35(40-30)22-36-32(28(7)34(41-36)19-24(3)9-2)23-42(37,38)31-15-12-11-13-16-31/h11-13,15-16,24-25,28-30,32-36H,5-6,8-10,14,17-23H2,1-4,7H3/t24-,25-,28-,29+,30+,32-,33?,34?,35-,36?/m1/s1. The van der Waals surface area contributed by atoms with Crippen molar-refractivity contribution in [2.24, 2.45) is 23.7 Å². The molecule has 0 saturated carbocycles. The number of ether oxygens (including phenoxy) is 3. The largest absolute Gasteiger partial charge is 0.374 e. The molecule has 6 heteroatoms. The number of hydrogen-bond acceptors (Lipinski definition) is 5. The maximum atomic E-state index is 13.5. The minimum atomic E-state index is -3.44. The van der Waals surface area contributed by atoms with Gasteiger partial charge in [-0.1, -0.05) is 85.2 Å². The predicted molar refractivity (Wildman–Crippen MR) is 171 cm³/mol. The fourth-order valence-electron chi connectivity index (χ4n) is 7.22. The minimum Gasteiger partial charge on any atom is -0.374 e.